The number of hydrogen-bond acceptors (Lipinski definition) is 1. The Morgan fingerprint density at radius 3 is 2.27 bits per heavy atom. The molecule has 0 aromatic heterocycles. The van der Waals surface area contributed by atoms with E-state index in [9.17, 15) is 4.79 Å². The van der Waals surface area contributed by atoms with Crippen molar-refractivity contribution in [3.8, 4) is 0 Å². The number of nitrogens with one attached hydrogen (secondary N) is 1. The molecule has 0 aromatic carbocycles. The SMILES string of the molecule is CCNC(=O)CCC1CCC(CC)CC1. The zero-order valence-corrected chi connectivity index (χ0v) is 10.2. The van der Waals surface area contributed by atoms with Crippen molar-refractivity contribution in [3.63, 3.8) is 0 Å². The van der Waals surface area contributed by atoms with Crippen LogP contribution in [0.1, 0.15) is 58.8 Å². The highest BCUT2D eigenvalue weighted by Crippen LogP contribution is 2.32. The van der Waals surface area contributed by atoms with Crippen molar-refractivity contribution >= 4 is 5.91 Å². The van der Waals surface area contributed by atoms with Crippen molar-refractivity contribution in [2.45, 2.75) is 58.8 Å². The van der Waals surface area contributed by atoms with Gasteiger partial charge in [0.05, 0.1) is 0 Å². The Bertz CT molecular complexity index is 183. The maximum absolute atomic E-state index is 11.3. The molecule has 1 fully saturated rings. The minimum Gasteiger partial charge on any atom is -0.356 e. The first-order valence-corrected chi connectivity index (χ1v) is 6.52. The van der Waals surface area contributed by atoms with Crippen molar-refractivity contribution in [1.82, 2.24) is 5.32 Å². The maximum Gasteiger partial charge on any atom is 0.219 e. The van der Waals surface area contributed by atoms with Crippen LogP contribution < -0.4 is 5.32 Å². The zero-order valence-electron chi connectivity index (χ0n) is 10.2. The third kappa shape index (κ3) is 4.67. The van der Waals surface area contributed by atoms with Gasteiger partial charge >= 0.3 is 0 Å². The monoisotopic (exact) mass is 211 g/mol. The summed E-state index contributed by atoms with van der Waals surface area (Å²) in [6, 6.07) is 0. The van der Waals surface area contributed by atoms with Gasteiger partial charge in [0, 0.05) is 13.0 Å². The van der Waals surface area contributed by atoms with E-state index in [0.717, 1.165) is 31.2 Å². The van der Waals surface area contributed by atoms with Crippen LogP contribution in [0, 0.1) is 11.8 Å². The molecule has 88 valence electrons. The first-order chi connectivity index (χ1) is 7.26. The molecule has 2 heteroatoms. The number of carbonyl (C=O) groups excluding carboxylic acids is 1. The highest BCUT2D eigenvalue weighted by Gasteiger charge is 2.20. The lowest BCUT2D eigenvalue weighted by molar-refractivity contribution is -0.121. The molecule has 0 bridgehead atoms. The fourth-order valence-electron chi connectivity index (χ4n) is 2.55. The van der Waals surface area contributed by atoms with Gasteiger partial charge in [-0.3, -0.25) is 4.79 Å². The van der Waals surface area contributed by atoms with E-state index in [1.807, 2.05) is 6.92 Å². The number of carbonyl (C=O) groups is 1. The Morgan fingerprint density at radius 1 is 1.13 bits per heavy atom. The van der Waals surface area contributed by atoms with E-state index in [4.69, 9.17) is 0 Å². The predicted molar refractivity (Wildman–Crippen MR) is 63.7 cm³/mol. The van der Waals surface area contributed by atoms with E-state index in [2.05, 4.69) is 12.2 Å². The normalized spacial score (nSPS) is 26.3. The van der Waals surface area contributed by atoms with Crippen LogP contribution in [-0.2, 0) is 4.79 Å². The summed E-state index contributed by atoms with van der Waals surface area (Å²) in [5.74, 6) is 2.01. The second kappa shape index (κ2) is 6.86. The van der Waals surface area contributed by atoms with Gasteiger partial charge in [0.15, 0.2) is 0 Å². The highest BCUT2D eigenvalue weighted by molar-refractivity contribution is 5.75. The molecule has 1 amide bonds. The molecule has 0 radical (unpaired) electrons. The lowest BCUT2D eigenvalue weighted by Crippen LogP contribution is -2.23. The minimum atomic E-state index is 0.232. The van der Waals surface area contributed by atoms with E-state index < -0.39 is 0 Å². The minimum absolute atomic E-state index is 0.232. The van der Waals surface area contributed by atoms with Gasteiger partial charge in [-0.1, -0.05) is 39.0 Å². The molecule has 0 atom stereocenters. The van der Waals surface area contributed by atoms with Crippen LogP contribution in [0.5, 0.6) is 0 Å². The first-order valence-electron chi connectivity index (χ1n) is 6.52. The molecule has 2 nitrogen and oxygen atoms in total. The summed E-state index contributed by atoms with van der Waals surface area (Å²) < 4.78 is 0. The van der Waals surface area contributed by atoms with E-state index >= 15 is 0 Å². The molecule has 1 N–H and O–H groups in total. The topological polar surface area (TPSA) is 29.1 Å². The summed E-state index contributed by atoms with van der Waals surface area (Å²) in [5, 5.41) is 2.87. The Balaban J connectivity index is 2.10. The van der Waals surface area contributed by atoms with Crippen molar-refractivity contribution in [2.75, 3.05) is 6.54 Å². The standard InChI is InChI=1S/C13H25NO/c1-3-11-5-7-12(8-6-11)9-10-13(15)14-4-2/h11-12H,3-10H2,1-2H3,(H,14,15). The van der Waals surface area contributed by atoms with E-state index in [-0.39, 0.29) is 5.91 Å². The Labute approximate surface area is 93.8 Å². The van der Waals surface area contributed by atoms with Gasteiger partial charge in [0.2, 0.25) is 5.91 Å². The fourth-order valence-corrected chi connectivity index (χ4v) is 2.55. The molecule has 0 aromatic rings. The average molecular weight is 211 g/mol. The molecule has 1 aliphatic carbocycles. The van der Waals surface area contributed by atoms with Gasteiger partial charge in [-0.05, 0) is 25.2 Å². The van der Waals surface area contributed by atoms with Crippen molar-refractivity contribution in [2.24, 2.45) is 11.8 Å². The van der Waals surface area contributed by atoms with E-state index in [0.29, 0.717) is 0 Å². The summed E-state index contributed by atoms with van der Waals surface area (Å²) in [6.07, 6.45) is 8.63. The lowest BCUT2D eigenvalue weighted by atomic mass is 9.79. The number of rotatable bonds is 5. The Morgan fingerprint density at radius 2 is 1.73 bits per heavy atom. The van der Waals surface area contributed by atoms with Crippen LogP contribution in [-0.4, -0.2) is 12.5 Å². The third-order valence-electron chi connectivity index (χ3n) is 3.70. The second-order valence-corrected chi connectivity index (χ2v) is 4.79. The van der Waals surface area contributed by atoms with Gasteiger partial charge in [-0.15, -0.1) is 0 Å². The van der Waals surface area contributed by atoms with Crippen molar-refractivity contribution < 1.29 is 4.79 Å². The highest BCUT2D eigenvalue weighted by atomic mass is 16.1. The molecule has 1 rings (SSSR count). The van der Waals surface area contributed by atoms with Crippen molar-refractivity contribution in [3.05, 3.63) is 0 Å². The lowest BCUT2D eigenvalue weighted by Gasteiger charge is -2.27. The predicted octanol–water partition coefficient (Wildman–Crippen LogP) is 3.12. The summed E-state index contributed by atoms with van der Waals surface area (Å²) in [5.41, 5.74) is 0. The van der Waals surface area contributed by atoms with E-state index in [1.54, 1.807) is 0 Å². The van der Waals surface area contributed by atoms with Crippen molar-refractivity contribution in [1.29, 1.82) is 0 Å². The molecule has 1 saturated carbocycles. The number of hydrogen-bond donors (Lipinski definition) is 1. The van der Waals surface area contributed by atoms with Crippen LogP contribution in [0.2, 0.25) is 0 Å². The Hall–Kier alpha value is -0.530. The van der Waals surface area contributed by atoms with Gasteiger partial charge in [0.25, 0.3) is 0 Å². The molecule has 1 aliphatic rings. The molecular weight excluding hydrogens is 186 g/mol. The summed E-state index contributed by atoms with van der Waals surface area (Å²) in [4.78, 5) is 11.3. The summed E-state index contributed by atoms with van der Waals surface area (Å²) >= 11 is 0. The second-order valence-electron chi connectivity index (χ2n) is 4.79. The Kier molecular flexibility index (Phi) is 5.74. The number of amides is 1. The molecule has 0 spiro atoms. The molecule has 0 heterocycles. The van der Waals surface area contributed by atoms with Crippen LogP contribution in [0.15, 0.2) is 0 Å². The summed E-state index contributed by atoms with van der Waals surface area (Å²) in [6.45, 7) is 5.03. The average Bonchev–Trinajstić information content (AvgIpc) is 2.27. The van der Waals surface area contributed by atoms with Gasteiger partial charge < -0.3 is 5.32 Å². The smallest absolute Gasteiger partial charge is 0.219 e. The molecule has 15 heavy (non-hydrogen) atoms. The van der Waals surface area contributed by atoms with Crippen LogP contribution in [0.3, 0.4) is 0 Å². The fraction of sp³-hybridized carbons (Fsp3) is 0.923. The van der Waals surface area contributed by atoms with Gasteiger partial charge in [-0.25, -0.2) is 0 Å². The molecule has 0 unspecified atom stereocenters. The van der Waals surface area contributed by atoms with Crippen LogP contribution in [0.4, 0.5) is 0 Å². The van der Waals surface area contributed by atoms with Gasteiger partial charge in [-0.2, -0.15) is 0 Å². The zero-order chi connectivity index (χ0) is 11.1. The molecule has 0 saturated heterocycles. The van der Waals surface area contributed by atoms with Gasteiger partial charge in [0.1, 0.15) is 0 Å². The molecule has 0 aliphatic heterocycles. The van der Waals surface area contributed by atoms with Crippen LogP contribution in [0.25, 0.3) is 0 Å². The van der Waals surface area contributed by atoms with E-state index in [1.165, 1.54) is 32.1 Å². The van der Waals surface area contributed by atoms with Crippen LogP contribution >= 0.6 is 0 Å². The largest absolute Gasteiger partial charge is 0.356 e. The molecular formula is C13H25NO. The summed E-state index contributed by atoms with van der Waals surface area (Å²) in [7, 11) is 0. The maximum atomic E-state index is 11.3. The first kappa shape index (κ1) is 12.5. The third-order valence-corrected chi connectivity index (χ3v) is 3.70. The quantitative estimate of drug-likeness (QED) is 0.743.